The SMILES string of the molecule is CCC(C)(OC)C(N)Cc1ccnc(N)c1. The van der Waals surface area contributed by atoms with E-state index < -0.39 is 0 Å². The molecule has 0 spiro atoms. The van der Waals surface area contributed by atoms with Crippen molar-refractivity contribution in [1.29, 1.82) is 0 Å². The van der Waals surface area contributed by atoms with E-state index in [1.54, 1.807) is 13.3 Å². The third kappa shape index (κ3) is 2.93. The van der Waals surface area contributed by atoms with Crippen molar-refractivity contribution in [3.63, 3.8) is 0 Å². The molecule has 0 amide bonds. The smallest absolute Gasteiger partial charge is 0.123 e. The van der Waals surface area contributed by atoms with Gasteiger partial charge in [-0.05, 0) is 37.5 Å². The van der Waals surface area contributed by atoms with Crippen LogP contribution in [0.5, 0.6) is 0 Å². The summed E-state index contributed by atoms with van der Waals surface area (Å²) in [7, 11) is 1.70. The van der Waals surface area contributed by atoms with Gasteiger partial charge in [-0.15, -0.1) is 0 Å². The fourth-order valence-electron chi connectivity index (χ4n) is 1.65. The van der Waals surface area contributed by atoms with E-state index in [1.807, 2.05) is 19.1 Å². The van der Waals surface area contributed by atoms with Gasteiger partial charge >= 0.3 is 0 Å². The molecule has 1 aromatic heterocycles. The van der Waals surface area contributed by atoms with Gasteiger partial charge < -0.3 is 16.2 Å². The number of aromatic nitrogens is 1. The molecule has 0 fully saturated rings. The molecule has 0 saturated carbocycles. The third-order valence-electron chi connectivity index (χ3n) is 3.25. The van der Waals surface area contributed by atoms with E-state index in [9.17, 15) is 0 Å². The fourth-order valence-corrected chi connectivity index (χ4v) is 1.65. The zero-order chi connectivity index (χ0) is 12.2. The lowest BCUT2D eigenvalue weighted by molar-refractivity contribution is -0.0184. The van der Waals surface area contributed by atoms with Gasteiger partial charge in [-0.25, -0.2) is 4.98 Å². The van der Waals surface area contributed by atoms with Crippen LogP contribution in [0.15, 0.2) is 18.3 Å². The lowest BCUT2D eigenvalue weighted by atomic mass is 9.89. The highest BCUT2D eigenvalue weighted by molar-refractivity contribution is 5.32. The summed E-state index contributed by atoms with van der Waals surface area (Å²) in [6.45, 7) is 4.10. The molecule has 1 aromatic rings. The monoisotopic (exact) mass is 223 g/mol. The minimum atomic E-state index is -0.294. The maximum absolute atomic E-state index is 6.17. The lowest BCUT2D eigenvalue weighted by Gasteiger charge is -2.33. The predicted molar refractivity (Wildman–Crippen MR) is 66.0 cm³/mol. The number of nitrogens with zero attached hydrogens (tertiary/aromatic N) is 1. The van der Waals surface area contributed by atoms with Gasteiger partial charge in [-0.1, -0.05) is 6.92 Å². The first-order valence-electron chi connectivity index (χ1n) is 5.53. The molecule has 0 aromatic carbocycles. The molecule has 0 saturated heterocycles. The minimum absolute atomic E-state index is 0.0516. The first-order chi connectivity index (χ1) is 7.51. The van der Waals surface area contributed by atoms with E-state index in [0.717, 1.165) is 18.4 Å². The quantitative estimate of drug-likeness (QED) is 0.790. The second kappa shape index (κ2) is 5.27. The van der Waals surface area contributed by atoms with E-state index >= 15 is 0 Å². The van der Waals surface area contributed by atoms with Crippen molar-refractivity contribution in [1.82, 2.24) is 4.98 Å². The number of ether oxygens (including phenoxy) is 1. The fraction of sp³-hybridized carbons (Fsp3) is 0.583. The summed E-state index contributed by atoms with van der Waals surface area (Å²) in [4.78, 5) is 3.96. The molecule has 0 aliphatic heterocycles. The molecule has 4 N–H and O–H groups in total. The predicted octanol–water partition coefficient (Wildman–Crippen LogP) is 1.35. The number of nitrogens with two attached hydrogens (primary N) is 2. The van der Waals surface area contributed by atoms with Gasteiger partial charge in [0.2, 0.25) is 0 Å². The van der Waals surface area contributed by atoms with Crippen LogP contribution in [0.1, 0.15) is 25.8 Å². The zero-order valence-electron chi connectivity index (χ0n) is 10.2. The Morgan fingerprint density at radius 3 is 2.75 bits per heavy atom. The van der Waals surface area contributed by atoms with Crippen LogP contribution in [0, 0.1) is 0 Å². The van der Waals surface area contributed by atoms with Gasteiger partial charge in [0.15, 0.2) is 0 Å². The van der Waals surface area contributed by atoms with Gasteiger partial charge in [-0.3, -0.25) is 0 Å². The number of hydrogen-bond donors (Lipinski definition) is 2. The minimum Gasteiger partial charge on any atom is -0.384 e. The zero-order valence-corrected chi connectivity index (χ0v) is 10.2. The number of nitrogen functional groups attached to an aromatic ring is 1. The summed E-state index contributed by atoms with van der Waals surface area (Å²) in [6, 6.07) is 3.73. The second-order valence-electron chi connectivity index (χ2n) is 4.27. The van der Waals surface area contributed by atoms with Crippen molar-refractivity contribution in [3.8, 4) is 0 Å². The first-order valence-corrected chi connectivity index (χ1v) is 5.53. The summed E-state index contributed by atoms with van der Waals surface area (Å²) in [5, 5.41) is 0. The lowest BCUT2D eigenvalue weighted by Crippen LogP contribution is -2.48. The van der Waals surface area contributed by atoms with Crippen LogP contribution in [-0.2, 0) is 11.2 Å². The van der Waals surface area contributed by atoms with Crippen LogP contribution in [0.3, 0.4) is 0 Å². The van der Waals surface area contributed by atoms with Crippen molar-refractivity contribution in [2.24, 2.45) is 5.73 Å². The maximum Gasteiger partial charge on any atom is 0.123 e. The van der Waals surface area contributed by atoms with Crippen LogP contribution in [-0.4, -0.2) is 23.7 Å². The van der Waals surface area contributed by atoms with Crippen LogP contribution < -0.4 is 11.5 Å². The first kappa shape index (κ1) is 12.9. The van der Waals surface area contributed by atoms with Gasteiger partial charge in [0.05, 0.1) is 5.60 Å². The Balaban J connectivity index is 2.74. The third-order valence-corrected chi connectivity index (χ3v) is 3.25. The van der Waals surface area contributed by atoms with Gasteiger partial charge in [0.25, 0.3) is 0 Å². The molecular weight excluding hydrogens is 202 g/mol. The average molecular weight is 223 g/mol. The van der Waals surface area contributed by atoms with Crippen LogP contribution in [0.2, 0.25) is 0 Å². The van der Waals surface area contributed by atoms with E-state index in [0.29, 0.717) is 5.82 Å². The highest BCUT2D eigenvalue weighted by Gasteiger charge is 2.29. The summed E-state index contributed by atoms with van der Waals surface area (Å²) in [5.41, 5.74) is 12.6. The molecule has 1 rings (SSSR count). The van der Waals surface area contributed by atoms with Crippen molar-refractivity contribution in [3.05, 3.63) is 23.9 Å². The van der Waals surface area contributed by atoms with E-state index in [1.165, 1.54) is 0 Å². The van der Waals surface area contributed by atoms with Crippen LogP contribution >= 0.6 is 0 Å². The van der Waals surface area contributed by atoms with Crippen LogP contribution in [0.25, 0.3) is 0 Å². The molecular formula is C12H21N3O. The van der Waals surface area contributed by atoms with Gasteiger partial charge in [0, 0.05) is 19.3 Å². The van der Waals surface area contributed by atoms with Crippen molar-refractivity contribution < 1.29 is 4.74 Å². The van der Waals surface area contributed by atoms with E-state index in [4.69, 9.17) is 16.2 Å². The van der Waals surface area contributed by atoms with E-state index in [2.05, 4.69) is 11.9 Å². The molecule has 90 valence electrons. The van der Waals surface area contributed by atoms with Crippen molar-refractivity contribution in [2.75, 3.05) is 12.8 Å². The Kier molecular flexibility index (Phi) is 4.26. The normalized spacial score (nSPS) is 16.8. The van der Waals surface area contributed by atoms with Crippen LogP contribution in [0.4, 0.5) is 5.82 Å². The highest BCUT2D eigenvalue weighted by Crippen LogP contribution is 2.20. The van der Waals surface area contributed by atoms with Gasteiger partial charge in [0.1, 0.15) is 5.82 Å². The van der Waals surface area contributed by atoms with Crippen molar-refractivity contribution in [2.45, 2.75) is 38.3 Å². The number of rotatable bonds is 5. The molecule has 1 heterocycles. The Morgan fingerprint density at radius 2 is 2.25 bits per heavy atom. The molecule has 0 aliphatic rings. The summed E-state index contributed by atoms with van der Waals surface area (Å²) < 4.78 is 5.48. The average Bonchev–Trinajstić information content (AvgIpc) is 2.28. The summed E-state index contributed by atoms with van der Waals surface area (Å²) in [5.74, 6) is 0.528. The molecule has 0 bridgehead atoms. The molecule has 4 nitrogen and oxygen atoms in total. The number of hydrogen-bond acceptors (Lipinski definition) is 4. The number of pyridine rings is 1. The molecule has 0 aliphatic carbocycles. The number of methoxy groups -OCH3 is 1. The largest absolute Gasteiger partial charge is 0.384 e. The standard InChI is InChI=1S/C12H21N3O/c1-4-12(2,16-3)10(13)7-9-5-6-15-11(14)8-9/h5-6,8,10H,4,7,13H2,1-3H3,(H2,14,15). The van der Waals surface area contributed by atoms with Gasteiger partial charge in [-0.2, -0.15) is 0 Å². The maximum atomic E-state index is 6.17. The Morgan fingerprint density at radius 1 is 1.56 bits per heavy atom. The Labute approximate surface area is 97.0 Å². The van der Waals surface area contributed by atoms with Crippen molar-refractivity contribution >= 4 is 5.82 Å². The molecule has 16 heavy (non-hydrogen) atoms. The second-order valence-corrected chi connectivity index (χ2v) is 4.27. The molecule has 2 atom stereocenters. The molecule has 4 heteroatoms. The Bertz CT molecular complexity index is 337. The Hall–Kier alpha value is -1.13. The van der Waals surface area contributed by atoms with E-state index in [-0.39, 0.29) is 11.6 Å². The summed E-state index contributed by atoms with van der Waals surface area (Å²) in [6.07, 6.45) is 3.32. The summed E-state index contributed by atoms with van der Waals surface area (Å²) >= 11 is 0. The number of anilines is 1. The molecule has 2 unspecified atom stereocenters. The topological polar surface area (TPSA) is 74.2 Å². The molecule has 0 radical (unpaired) electrons. The highest BCUT2D eigenvalue weighted by atomic mass is 16.5.